The van der Waals surface area contributed by atoms with E-state index in [1.54, 1.807) is 30.7 Å². The van der Waals surface area contributed by atoms with E-state index in [4.69, 9.17) is 9.72 Å². The minimum Gasteiger partial charge on any atom is -0.507 e. The fraction of sp³-hybridized carbons (Fsp3) is 0.160. The molecule has 0 atom stereocenters. The Morgan fingerprint density at radius 1 is 0.935 bits per heavy atom. The molecule has 0 radical (unpaired) electrons. The molecule has 1 N–H and O–H groups in total. The second-order valence-corrected chi connectivity index (χ2v) is 7.97. The molecular formula is C25H22N3O2Pt-. The third-order valence-electron chi connectivity index (χ3n) is 4.67. The van der Waals surface area contributed by atoms with E-state index in [1.807, 2.05) is 42.5 Å². The fourth-order valence-corrected chi connectivity index (χ4v) is 3.01. The van der Waals surface area contributed by atoms with Crippen LogP contribution in [0.2, 0.25) is 0 Å². The molecule has 0 amide bonds. The van der Waals surface area contributed by atoms with Crippen LogP contribution in [-0.4, -0.2) is 20.1 Å². The van der Waals surface area contributed by atoms with E-state index >= 15 is 0 Å². The summed E-state index contributed by atoms with van der Waals surface area (Å²) in [6, 6.07) is 19.9. The molecule has 0 aliphatic rings. The molecule has 0 fully saturated rings. The molecule has 160 valence electrons. The third-order valence-corrected chi connectivity index (χ3v) is 4.67. The van der Waals surface area contributed by atoms with Crippen LogP contribution in [0.4, 0.5) is 0 Å². The Hall–Kier alpha value is -3.04. The minimum atomic E-state index is -0.0432. The summed E-state index contributed by atoms with van der Waals surface area (Å²) < 4.78 is 5.77. The van der Waals surface area contributed by atoms with Crippen molar-refractivity contribution in [3.63, 3.8) is 0 Å². The van der Waals surface area contributed by atoms with Crippen molar-refractivity contribution in [3.05, 3.63) is 84.8 Å². The van der Waals surface area contributed by atoms with Gasteiger partial charge in [0.15, 0.2) is 0 Å². The maximum atomic E-state index is 10.4. The second kappa shape index (κ2) is 9.40. The Morgan fingerprint density at radius 3 is 2.48 bits per heavy atom. The Labute approximate surface area is 196 Å². The summed E-state index contributed by atoms with van der Waals surface area (Å²) in [5, 5.41) is 10.4. The van der Waals surface area contributed by atoms with Crippen LogP contribution in [0.25, 0.3) is 22.5 Å². The van der Waals surface area contributed by atoms with Gasteiger partial charge in [-0.1, -0.05) is 39.0 Å². The number of rotatable bonds is 4. The first-order valence-electron chi connectivity index (χ1n) is 9.68. The fourth-order valence-electron chi connectivity index (χ4n) is 3.01. The molecule has 2 aromatic carbocycles. The van der Waals surface area contributed by atoms with E-state index in [2.05, 4.69) is 36.8 Å². The number of phenols is 1. The van der Waals surface area contributed by atoms with Crippen LogP contribution >= 0.6 is 0 Å². The molecule has 0 saturated heterocycles. The number of phenolic OH excluding ortho intramolecular Hbond substituents is 1. The Kier molecular flexibility index (Phi) is 6.87. The van der Waals surface area contributed by atoms with Crippen molar-refractivity contribution in [2.45, 2.75) is 26.2 Å². The molecule has 6 heteroatoms. The molecule has 2 aromatic heterocycles. The first-order valence-corrected chi connectivity index (χ1v) is 9.68. The summed E-state index contributed by atoms with van der Waals surface area (Å²) in [5.41, 5.74) is 3.69. The number of benzene rings is 2. The van der Waals surface area contributed by atoms with Crippen LogP contribution in [0.5, 0.6) is 17.4 Å². The molecule has 0 spiro atoms. The summed E-state index contributed by atoms with van der Waals surface area (Å²) in [7, 11) is 0. The van der Waals surface area contributed by atoms with E-state index < -0.39 is 0 Å². The van der Waals surface area contributed by atoms with Crippen molar-refractivity contribution in [2.75, 3.05) is 0 Å². The maximum absolute atomic E-state index is 10.4. The van der Waals surface area contributed by atoms with Crippen molar-refractivity contribution < 1.29 is 30.9 Å². The molecule has 4 rings (SSSR count). The van der Waals surface area contributed by atoms with Gasteiger partial charge in [0.1, 0.15) is 5.75 Å². The van der Waals surface area contributed by atoms with Crippen LogP contribution in [0, 0.1) is 6.07 Å². The predicted octanol–water partition coefficient (Wildman–Crippen LogP) is 5.80. The standard InChI is InChI=1S/C25H22N3O2.Pt/c1-25(2,3)18-10-11-23(29)20(14-18)22-16-26-15-21(28-22)17-7-6-8-19(13-17)30-24-9-4-5-12-27-24;/h4-12,14-16,29H,1-3H3;/q-1;. The van der Waals surface area contributed by atoms with Gasteiger partial charge in [0.05, 0.1) is 11.9 Å². The van der Waals surface area contributed by atoms with E-state index in [-0.39, 0.29) is 32.2 Å². The molecule has 4 aromatic rings. The number of aromatic hydroxyl groups is 1. The SMILES string of the molecule is CC(C)(C)c1ccc(O)c(-c2cncc(-c3[c-]c(Oc4ccccn4)ccc3)n2)c1.[Pt]. The van der Waals surface area contributed by atoms with Gasteiger partial charge in [-0.25, -0.2) is 4.98 Å². The predicted molar refractivity (Wildman–Crippen MR) is 116 cm³/mol. The molecular weight excluding hydrogens is 569 g/mol. The molecule has 2 heterocycles. The van der Waals surface area contributed by atoms with Crippen molar-refractivity contribution >= 4 is 0 Å². The Bertz CT molecular complexity index is 1170. The monoisotopic (exact) mass is 591 g/mol. The van der Waals surface area contributed by atoms with E-state index in [0.717, 1.165) is 11.1 Å². The zero-order valence-electron chi connectivity index (χ0n) is 17.4. The van der Waals surface area contributed by atoms with Crippen LogP contribution < -0.4 is 4.74 Å². The van der Waals surface area contributed by atoms with Gasteiger partial charge in [-0.3, -0.25) is 9.97 Å². The summed E-state index contributed by atoms with van der Waals surface area (Å²) in [6.45, 7) is 6.40. The molecule has 31 heavy (non-hydrogen) atoms. The van der Waals surface area contributed by atoms with Crippen LogP contribution in [0.15, 0.2) is 73.2 Å². The van der Waals surface area contributed by atoms with Gasteiger partial charge >= 0.3 is 0 Å². The number of nitrogens with zero attached hydrogens (tertiary/aromatic N) is 3. The van der Waals surface area contributed by atoms with Gasteiger partial charge in [0.2, 0.25) is 5.88 Å². The van der Waals surface area contributed by atoms with Crippen molar-refractivity contribution in [2.24, 2.45) is 0 Å². The average Bonchev–Trinajstić information content (AvgIpc) is 2.74. The van der Waals surface area contributed by atoms with Crippen molar-refractivity contribution in [3.8, 4) is 39.9 Å². The van der Waals surface area contributed by atoms with Gasteiger partial charge in [-0.15, -0.1) is 23.8 Å². The number of aromatic nitrogens is 3. The van der Waals surface area contributed by atoms with Gasteiger partial charge in [-0.2, -0.15) is 0 Å². The van der Waals surface area contributed by atoms with Crippen LogP contribution in [0.3, 0.4) is 0 Å². The molecule has 0 saturated carbocycles. The summed E-state index contributed by atoms with van der Waals surface area (Å²) in [6.07, 6.45) is 5.00. The molecule has 5 nitrogen and oxygen atoms in total. The Morgan fingerprint density at radius 2 is 1.74 bits per heavy atom. The average molecular weight is 592 g/mol. The summed E-state index contributed by atoms with van der Waals surface area (Å²) >= 11 is 0. The smallest absolute Gasteiger partial charge is 0.217 e. The minimum absolute atomic E-state index is 0. The van der Waals surface area contributed by atoms with Crippen LogP contribution in [0.1, 0.15) is 26.3 Å². The van der Waals surface area contributed by atoms with Crippen LogP contribution in [-0.2, 0) is 26.5 Å². The van der Waals surface area contributed by atoms with E-state index in [1.165, 1.54) is 0 Å². The normalized spacial score (nSPS) is 10.9. The molecule has 0 aliphatic heterocycles. The third kappa shape index (κ3) is 5.36. The molecule has 0 unspecified atom stereocenters. The number of hydrogen-bond donors (Lipinski definition) is 1. The maximum Gasteiger partial charge on any atom is 0.217 e. The van der Waals surface area contributed by atoms with Gasteiger partial charge in [0.25, 0.3) is 0 Å². The first-order chi connectivity index (χ1) is 14.4. The zero-order chi connectivity index (χ0) is 21.1. The summed E-state index contributed by atoms with van der Waals surface area (Å²) in [4.78, 5) is 13.2. The second-order valence-electron chi connectivity index (χ2n) is 7.97. The molecule has 0 aliphatic carbocycles. The largest absolute Gasteiger partial charge is 0.507 e. The first kappa shape index (κ1) is 22.6. The quantitative estimate of drug-likeness (QED) is 0.304. The summed E-state index contributed by atoms with van der Waals surface area (Å²) in [5.74, 6) is 1.20. The van der Waals surface area contributed by atoms with E-state index in [9.17, 15) is 5.11 Å². The topological polar surface area (TPSA) is 68.1 Å². The van der Waals surface area contributed by atoms with Gasteiger partial charge < -0.3 is 9.84 Å². The number of ether oxygens (including phenoxy) is 1. The van der Waals surface area contributed by atoms with Gasteiger partial charge in [-0.05, 0) is 29.2 Å². The van der Waals surface area contributed by atoms with Gasteiger partial charge in [0, 0.05) is 56.5 Å². The van der Waals surface area contributed by atoms with E-state index in [0.29, 0.717) is 28.6 Å². The molecule has 0 bridgehead atoms. The number of pyridine rings is 1. The zero-order valence-corrected chi connectivity index (χ0v) is 19.7. The van der Waals surface area contributed by atoms with Crippen molar-refractivity contribution in [1.29, 1.82) is 0 Å². The van der Waals surface area contributed by atoms with Crippen molar-refractivity contribution in [1.82, 2.24) is 15.0 Å². The Balaban J connectivity index is 0.00000272. The number of hydrogen-bond acceptors (Lipinski definition) is 5.